The third-order valence-electron chi connectivity index (χ3n) is 4.71. The van der Waals surface area contributed by atoms with Crippen LogP contribution in [0.3, 0.4) is 0 Å². The van der Waals surface area contributed by atoms with E-state index in [1.807, 2.05) is 42.3 Å². The van der Waals surface area contributed by atoms with Gasteiger partial charge in [-0.2, -0.15) is 0 Å². The standard InChI is InChI=1S/C19H28N2O2/c1-3-4-14-21(2)19(23)16-12-10-15(11-13-16)18(22)20-17-8-6-5-7-9-17/h5-9,15-16H,3-4,10-14H2,1-2H3,(H,20,22). The summed E-state index contributed by atoms with van der Waals surface area (Å²) in [4.78, 5) is 26.6. The molecule has 0 aromatic heterocycles. The highest BCUT2D eigenvalue weighted by molar-refractivity contribution is 5.92. The largest absolute Gasteiger partial charge is 0.346 e. The fourth-order valence-electron chi connectivity index (χ4n) is 3.19. The molecule has 1 aromatic carbocycles. The molecule has 0 unspecified atom stereocenters. The number of nitrogens with zero attached hydrogens (tertiary/aromatic N) is 1. The minimum absolute atomic E-state index is 0.0280. The van der Waals surface area contributed by atoms with Gasteiger partial charge in [-0.1, -0.05) is 31.5 Å². The summed E-state index contributed by atoms with van der Waals surface area (Å²) in [5.74, 6) is 0.458. The summed E-state index contributed by atoms with van der Waals surface area (Å²) in [6.07, 6.45) is 5.40. The van der Waals surface area contributed by atoms with E-state index in [9.17, 15) is 9.59 Å². The molecule has 1 N–H and O–H groups in total. The molecule has 1 aliphatic carbocycles. The summed E-state index contributed by atoms with van der Waals surface area (Å²) >= 11 is 0. The summed E-state index contributed by atoms with van der Waals surface area (Å²) in [6.45, 7) is 2.97. The highest BCUT2D eigenvalue weighted by Gasteiger charge is 2.31. The molecule has 1 saturated carbocycles. The number of nitrogens with one attached hydrogen (secondary N) is 1. The van der Waals surface area contributed by atoms with Crippen LogP contribution >= 0.6 is 0 Å². The molecule has 2 rings (SSSR count). The molecule has 23 heavy (non-hydrogen) atoms. The number of hydrogen-bond acceptors (Lipinski definition) is 2. The van der Waals surface area contributed by atoms with Crippen LogP contribution < -0.4 is 5.32 Å². The van der Waals surface area contributed by atoms with Gasteiger partial charge in [0.15, 0.2) is 0 Å². The maximum atomic E-state index is 12.4. The van der Waals surface area contributed by atoms with Crippen molar-refractivity contribution in [3.8, 4) is 0 Å². The van der Waals surface area contributed by atoms with Crippen molar-refractivity contribution in [2.75, 3.05) is 18.9 Å². The van der Waals surface area contributed by atoms with Crippen molar-refractivity contribution in [3.63, 3.8) is 0 Å². The van der Waals surface area contributed by atoms with E-state index in [-0.39, 0.29) is 23.7 Å². The van der Waals surface area contributed by atoms with E-state index < -0.39 is 0 Å². The van der Waals surface area contributed by atoms with Crippen molar-refractivity contribution < 1.29 is 9.59 Å². The number of carbonyl (C=O) groups excluding carboxylic acids is 2. The Labute approximate surface area is 139 Å². The normalized spacial score (nSPS) is 20.8. The molecule has 0 bridgehead atoms. The summed E-state index contributed by atoms with van der Waals surface area (Å²) in [5.41, 5.74) is 0.843. The van der Waals surface area contributed by atoms with Gasteiger partial charge in [0.1, 0.15) is 0 Å². The van der Waals surface area contributed by atoms with Crippen LogP contribution in [0.4, 0.5) is 5.69 Å². The van der Waals surface area contributed by atoms with E-state index in [1.54, 1.807) is 0 Å². The van der Waals surface area contributed by atoms with Gasteiger partial charge in [0, 0.05) is 31.1 Å². The van der Waals surface area contributed by atoms with Crippen LogP contribution in [0.1, 0.15) is 45.4 Å². The number of para-hydroxylation sites is 1. The minimum atomic E-state index is 0.0280. The van der Waals surface area contributed by atoms with Gasteiger partial charge < -0.3 is 10.2 Å². The number of rotatable bonds is 6. The van der Waals surface area contributed by atoms with Crippen LogP contribution in [-0.2, 0) is 9.59 Å². The first kappa shape index (κ1) is 17.5. The van der Waals surface area contributed by atoms with Crippen LogP contribution in [0.25, 0.3) is 0 Å². The molecule has 1 aliphatic rings. The van der Waals surface area contributed by atoms with Gasteiger partial charge in [-0.25, -0.2) is 0 Å². The fourth-order valence-corrected chi connectivity index (χ4v) is 3.19. The lowest BCUT2D eigenvalue weighted by Crippen LogP contribution is -2.37. The number of anilines is 1. The van der Waals surface area contributed by atoms with Gasteiger partial charge in [-0.3, -0.25) is 9.59 Å². The molecule has 2 amide bonds. The van der Waals surface area contributed by atoms with Gasteiger partial charge in [-0.15, -0.1) is 0 Å². The molecule has 4 nitrogen and oxygen atoms in total. The Morgan fingerprint density at radius 3 is 2.30 bits per heavy atom. The summed E-state index contributed by atoms with van der Waals surface area (Å²) in [5, 5.41) is 2.97. The lowest BCUT2D eigenvalue weighted by atomic mass is 9.81. The van der Waals surface area contributed by atoms with Crippen molar-refractivity contribution in [1.82, 2.24) is 4.90 Å². The topological polar surface area (TPSA) is 49.4 Å². The second kappa shape index (κ2) is 8.70. The molecule has 0 radical (unpaired) electrons. The molecule has 1 aromatic rings. The Balaban J connectivity index is 1.79. The quantitative estimate of drug-likeness (QED) is 0.870. The Morgan fingerprint density at radius 2 is 1.70 bits per heavy atom. The van der Waals surface area contributed by atoms with Crippen LogP contribution in [0.5, 0.6) is 0 Å². The predicted molar refractivity (Wildman–Crippen MR) is 93.1 cm³/mol. The third-order valence-corrected chi connectivity index (χ3v) is 4.71. The molecule has 126 valence electrons. The van der Waals surface area contributed by atoms with Crippen molar-refractivity contribution in [1.29, 1.82) is 0 Å². The molecular formula is C19H28N2O2. The average molecular weight is 316 g/mol. The Hall–Kier alpha value is -1.84. The maximum Gasteiger partial charge on any atom is 0.227 e. The second-order valence-electron chi connectivity index (χ2n) is 6.52. The monoisotopic (exact) mass is 316 g/mol. The Bertz CT molecular complexity index is 507. The second-order valence-corrected chi connectivity index (χ2v) is 6.52. The molecule has 0 atom stereocenters. The van der Waals surface area contributed by atoms with Gasteiger partial charge in [0.05, 0.1) is 0 Å². The minimum Gasteiger partial charge on any atom is -0.346 e. The summed E-state index contributed by atoms with van der Waals surface area (Å²) in [6, 6.07) is 9.56. The number of hydrogen-bond donors (Lipinski definition) is 1. The Kier molecular flexibility index (Phi) is 6.63. The first-order chi connectivity index (χ1) is 11.1. The predicted octanol–water partition coefficient (Wildman–Crippen LogP) is 3.69. The van der Waals surface area contributed by atoms with Crippen LogP contribution in [0.2, 0.25) is 0 Å². The fraction of sp³-hybridized carbons (Fsp3) is 0.579. The zero-order valence-electron chi connectivity index (χ0n) is 14.3. The van der Waals surface area contributed by atoms with Gasteiger partial charge >= 0.3 is 0 Å². The first-order valence-corrected chi connectivity index (χ1v) is 8.72. The van der Waals surface area contributed by atoms with E-state index >= 15 is 0 Å². The van der Waals surface area contributed by atoms with Crippen LogP contribution in [0.15, 0.2) is 30.3 Å². The van der Waals surface area contributed by atoms with Gasteiger partial charge in [0.25, 0.3) is 0 Å². The van der Waals surface area contributed by atoms with E-state index in [0.717, 1.165) is 50.8 Å². The first-order valence-electron chi connectivity index (χ1n) is 8.72. The number of carbonyl (C=O) groups is 2. The Morgan fingerprint density at radius 1 is 1.09 bits per heavy atom. The van der Waals surface area contributed by atoms with Crippen molar-refractivity contribution in [2.45, 2.75) is 45.4 Å². The third kappa shape index (κ3) is 5.08. The summed E-state index contributed by atoms with van der Waals surface area (Å²) in [7, 11) is 1.90. The van der Waals surface area contributed by atoms with E-state index in [1.165, 1.54) is 0 Å². The highest BCUT2D eigenvalue weighted by atomic mass is 16.2. The molecule has 0 saturated heterocycles. The number of amides is 2. The van der Waals surface area contributed by atoms with E-state index in [4.69, 9.17) is 0 Å². The lowest BCUT2D eigenvalue weighted by molar-refractivity contribution is -0.136. The van der Waals surface area contributed by atoms with Gasteiger partial charge in [0.2, 0.25) is 11.8 Å². The maximum absolute atomic E-state index is 12.4. The SMILES string of the molecule is CCCCN(C)C(=O)C1CCC(C(=O)Nc2ccccc2)CC1. The lowest BCUT2D eigenvalue weighted by Gasteiger charge is -2.30. The van der Waals surface area contributed by atoms with Crippen LogP contribution in [0, 0.1) is 11.8 Å². The molecule has 0 heterocycles. The average Bonchev–Trinajstić information content (AvgIpc) is 2.60. The smallest absolute Gasteiger partial charge is 0.227 e. The molecule has 0 spiro atoms. The van der Waals surface area contributed by atoms with Crippen molar-refractivity contribution in [2.24, 2.45) is 11.8 Å². The molecular weight excluding hydrogens is 288 g/mol. The molecule has 0 aliphatic heterocycles. The number of unbranched alkanes of at least 4 members (excludes halogenated alkanes) is 1. The van der Waals surface area contributed by atoms with Crippen molar-refractivity contribution >= 4 is 17.5 Å². The molecule has 4 heteroatoms. The zero-order chi connectivity index (χ0) is 16.7. The highest BCUT2D eigenvalue weighted by Crippen LogP contribution is 2.30. The van der Waals surface area contributed by atoms with Crippen molar-refractivity contribution in [3.05, 3.63) is 30.3 Å². The zero-order valence-corrected chi connectivity index (χ0v) is 14.3. The van der Waals surface area contributed by atoms with Gasteiger partial charge in [-0.05, 0) is 44.2 Å². The van der Waals surface area contributed by atoms with Crippen LogP contribution in [-0.4, -0.2) is 30.3 Å². The molecule has 1 fully saturated rings. The number of benzene rings is 1. The summed E-state index contributed by atoms with van der Waals surface area (Å²) < 4.78 is 0. The van der Waals surface area contributed by atoms with E-state index in [2.05, 4.69) is 12.2 Å². The van der Waals surface area contributed by atoms with E-state index in [0.29, 0.717) is 0 Å².